The molecule has 76 valence electrons. The zero-order valence-corrected chi connectivity index (χ0v) is 8.37. The molecule has 0 aromatic carbocycles. The number of hydrogen-bond donors (Lipinski definition) is 2. The number of aromatic nitrogens is 2. The highest BCUT2D eigenvalue weighted by molar-refractivity contribution is 7.99. The van der Waals surface area contributed by atoms with Crippen molar-refractivity contribution in [3.05, 3.63) is 22.1 Å². The monoisotopic (exact) mass is 214 g/mol. The second-order valence-corrected chi connectivity index (χ2v) is 3.59. The van der Waals surface area contributed by atoms with Crippen molar-refractivity contribution in [1.29, 1.82) is 0 Å². The molecule has 0 bridgehead atoms. The van der Waals surface area contributed by atoms with Gasteiger partial charge in [-0.15, -0.1) is 0 Å². The molecule has 6 nitrogen and oxygen atoms in total. The molecular weight excluding hydrogens is 204 g/mol. The van der Waals surface area contributed by atoms with Crippen LogP contribution in [0, 0.1) is 6.92 Å². The Balaban J connectivity index is 2.96. The molecule has 1 rings (SSSR count). The van der Waals surface area contributed by atoms with E-state index in [0.717, 1.165) is 16.4 Å². The summed E-state index contributed by atoms with van der Waals surface area (Å²) in [5, 5.41) is 0.286. The third-order valence-corrected chi connectivity index (χ3v) is 2.37. The number of carbonyl (C=O) groups is 1. The molecule has 0 saturated carbocycles. The number of hydrogen-bond acceptors (Lipinski definition) is 5. The zero-order valence-electron chi connectivity index (χ0n) is 7.56. The number of nitrogens with zero attached hydrogens (tertiary/aromatic N) is 2. The van der Waals surface area contributed by atoms with E-state index in [9.17, 15) is 9.59 Å². The van der Waals surface area contributed by atoms with Crippen molar-refractivity contribution in [3.63, 3.8) is 0 Å². The Morgan fingerprint density at radius 3 is 2.93 bits per heavy atom. The van der Waals surface area contributed by atoms with Gasteiger partial charge in [-0.3, -0.25) is 9.59 Å². The maximum atomic E-state index is 11.2. The predicted molar refractivity (Wildman–Crippen MR) is 53.3 cm³/mol. The molecule has 0 saturated heterocycles. The van der Waals surface area contributed by atoms with Crippen LogP contribution in [0.5, 0.6) is 0 Å². The Morgan fingerprint density at radius 2 is 2.36 bits per heavy atom. The molecule has 0 radical (unpaired) electrons. The van der Waals surface area contributed by atoms with E-state index < -0.39 is 5.91 Å². The molecule has 4 N–H and O–H groups in total. The van der Waals surface area contributed by atoms with Crippen molar-refractivity contribution in [1.82, 2.24) is 9.66 Å². The summed E-state index contributed by atoms with van der Waals surface area (Å²) in [6.07, 6.45) is 0. The van der Waals surface area contributed by atoms with E-state index in [4.69, 9.17) is 11.6 Å². The van der Waals surface area contributed by atoms with Crippen molar-refractivity contribution in [2.75, 3.05) is 11.6 Å². The summed E-state index contributed by atoms with van der Waals surface area (Å²) in [6, 6.07) is 1.31. The van der Waals surface area contributed by atoms with Gasteiger partial charge >= 0.3 is 0 Å². The van der Waals surface area contributed by atoms with Gasteiger partial charge in [0.15, 0.2) is 5.16 Å². The SMILES string of the molecule is Cc1cc(=O)n(N)c(SCC(N)=O)n1. The minimum Gasteiger partial charge on any atom is -0.369 e. The number of rotatable bonds is 3. The van der Waals surface area contributed by atoms with Crippen LogP contribution in [0.4, 0.5) is 0 Å². The van der Waals surface area contributed by atoms with E-state index in [2.05, 4.69) is 4.98 Å². The third-order valence-electron chi connectivity index (χ3n) is 1.39. The largest absolute Gasteiger partial charge is 0.369 e. The number of nitrogen functional groups attached to an aromatic ring is 1. The van der Waals surface area contributed by atoms with E-state index in [0.29, 0.717) is 5.69 Å². The summed E-state index contributed by atoms with van der Waals surface area (Å²) in [4.78, 5) is 25.7. The Labute approximate surface area is 84.3 Å². The van der Waals surface area contributed by atoms with E-state index in [1.54, 1.807) is 6.92 Å². The van der Waals surface area contributed by atoms with Crippen LogP contribution in [0.25, 0.3) is 0 Å². The highest BCUT2D eigenvalue weighted by Crippen LogP contribution is 2.11. The van der Waals surface area contributed by atoms with E-state index >= 15 is 0 Å². The lowest BCUT2D eigenvalue weighted by Gasteiger charge is -2.05. The Bertz CT molecular complexity index is 415. The average molecular weight is 214 g/mol. The molecule has 1 amide bonds. The molecule has 14 heavy (non-hydrogen) atoms. The highest BCUT2D eigenvalue weighted by Gasteiger charge is 2.06. The van der Waals surface area contributed by atoms with Crippen LogP contribution in [-0.2, 0) is 4.79 Å². The second kappa shape index (κ2) is 4.14. The average Bonchev–Trinajstić information content (AvgIpc) is 2.08. The molecule has 0 aliphatic rings. The molecule has 1 heterocycles. The Kier molecular flexibility index (Phi) is 3.13. The quantitative estimate of drug-likeness (QED) is 0.375. The van der Waals surface area contributed by atoms with Crippen molar-refractivity contribution in [3.8, 4) is 0 Å². The van der Waals surface area contributed by atoms with Crippen LogP contribution in [0.1, 0.15) is 5.69 Å². The summed E-state index contributed by atoms with van der Waals surface area (Å²) in [5.41, 5.74) is 5.15. The van der Waals surface area contributed by atoms with Gasteiger partial charge in [-0.2, -0.15) is 0 Å². The number of amides is 1. The highest BCUT2D eigenvalue weighted by atomic mass is 32.2. The molecule has 0 aliphatic heterocycles. The van der Waals surface area contributed by atoms with Crippen LogP contribution in [0.3, 0.4) is 0 Å². The maximum absolute atomic E-state index is 11.2. The van der Waals surface area contributed by atoms with Crippen LogP contribution >= 0.6 is 11.8 Å². The first-order valence-electron chi connectivity index (χ1n) is 3.77. The fourth-order valence-corrected chi connectivity index (χ4v) is 1.53. The van der Waals surface area contributed by atoms with Gasteiger partial charge in [0, 0.05) is 11.8 Å². The lowest BCUT2D eigenvalue weighted by Crippen LogP contribution is -2.30. The van der Waals surface area contributed by atoms with Gasteiger partial charge in [0.25, 0.3) is 5.56 Å². The standard InChI is InChI=1S/C7H10N4O2S/c1-4-2-6(13)11(9)7(10-4)14-3-5(8)12/h2H,3,9H2,1H3,(H2,8,12). The van der Waals surface area contributed by atoms with Gasteiger partial charge in [-0.25, -0.2) is 9.66 Å². The lowest BCUT2D eigenvalue weighted by molar-refractivity contribution is -0.115. The van der Waals surface area contributed by atoms with Crippen molar-refractivity contribution in [2.45, 2.75) is 12.1 Å². The van der Waals surface area contributed by atoms with Gasteiger partial charge < -0.3 is 11.6 Å². The number of nitrogens with two attached hydrogens (primary N) is 2. The predicted octanol–water partition coefficient (Wildman–Crippen LogP) is -1.16. The maximum Gasteiger partial charge on any atom is 0.272 e. The van der Waals surface area contributed by atoms with Gasteiger partial charge in [0.05, 0.1) is 5.75 Å². The molecule has 1 aromatic rings. The summed E-state index contributed by atoms with van der Waals surface area (Å²) >= 11 is 1.04. The van der Waals surface area contributed by atoms with Crippen LogP contribution in [0.15, 0.2) is 16.0 Å². The van der Waals surface area contributed by atoms with Gasteiger partial charge in [-0.1, -0.05) is 11.8 Å². The lowest BCUT2D eigenvalue weighted by atomic mass is 10.5. The van der Waals surface area contributed by atoms with Gasteiger partial charge in [0.2, 0.25) is 5.91 Å². The fourth-order valence-electron chi connectivity index (χ4n) is 0.817. The molecule has 0 aliphatic carbocycles. The number of primary amides is 1. The van der Waals surface area contributed by atoms with Crippen LogP contribution < -0.4 is 17.1 Å². The van der Waals surface area contributed by atoms with Gasteiger partial charge in [-0.05, 0) is 6.92 Å². The third kappa shape index (κ3) is 2.49. The number of thioether (sulfide) groups is 1. The zero-order chi connectivity index (χ0) is 10.7. The topological polar surface area (TPSA) is 104 Å². The first-order valence-corrected chi connectivity index (χ1v) is 4.76. The number of carbonyl (C=O) groups excluding carboxylic acids is 1. The minimum absolute atomic E-state index is 0.0487. The summed E-state index contributed by atoms with van der Waals surface area (Å²) < 4.78 is 0.889. The summed E-state index contributed by atoms with van der Waals surface area (Å²) in [5.74, 6) is 4.97. The van der Waals surface area contributed by atoms with Crippen LogP contribution in [-0.4, -0.2) is 21.3 Å². The molecule has 0 spiro atoms. The molecule has 0 atom stereocenters. The van der Waals surface area contributed by atoms with Crippen molar-refractivity contribution >= 4 is 17.7 Å². The smallest absolute Gasteiger partial charge is 0.272 e. The molecule has 7 heteroatoms. The fraction of sp³-hybridized carbons (Fsp3) is 0.286. The van der Waals surface area contributed by atoms with Gasteiger partial charge in [0.1, 0.15) is 0 Å². The first kappa shape index (κ1) is 10.6. The Morgan fingerprint density at radius 1 is 1.71 bits per heavy atom. The summed E-state index contributed by atoms with van der Waals surface area (Å²) in [7, 11) is 0. The normalized spacial score (nSPS) is 10.1. The van der Waals surface area contributed by atoms with E-state index in [-0.39, 0.29) is 16.5 Å². The second-order valence-electron chi connectivity index (χ2n) is 2.64. The van der Waals surface area contributed by atoms with E-state index in [1.807, 2.05) is 0 Å². The molecule has 0 unspecified atom stereocenters. The van der Waals surface area contributed by atoms with Crippen LogP contribution in [0.2, 0.25) is 0 Å². The molecule has 0 fully saturated rings. The molecule has 1 aromatic heterocycles. The number of aryl methyl sites for hydroxylation is 1. The summed E-state index contributed by atoms with van der Waals surface area (Å²) in [6.45, 7) is 1.68. The van der Waals surface area contributed by atoms with E-state index in [1.165, 1.54) is 6.07 Å². The minimum atomic E-state index is -0.481. The van der Waals surface area contributed by atoms with Crippen molar-refractivity contribution < 1.29 is 4.79 Å². The Hall–Kier alpha value is -1.50. The van der Waals surface area contributed by atoms with Crippen molar-refractivity contribution in [2.24, 2.45) is 5.73 Å². The molecular formula is C7H10N4O2S. The first-order chi connectivity index (χ1) is 6.50.